The molecular formula is C24H19ClO. The Morgan fingerprint density at radius 3 is 2.62 bits per heavy atom. The van der Waals surface area contributed by atoms with Crippen molar-refractivity contribution < 1.29 is 4.42 Å². The number of benzene rings is 3. The van der Waals surface area contributed by atoms with E-state index < -0.39 is 0 Å². The zero-order valence-electron chi connectivity index (χ0n) is 14.6. The van der Waals surface area contributed by atoms with Gasteiger partial charge in [-0.3, -0.25) is 0 Å². The van der Waals surface area contributed by atoms with Gasteiger partial charge in [0.15, 0.2) is 0 Å². The lowest BCUT2D eigenvalue weighted by Gasteiger charge is -2.08. The number of halogens is 1. The Hall–Kier alpha value is -2.77. The van der Waals surface area contributed by atoms with E-state index in [-0.39, 0.29) is 0 Å². The first-order chi connectivity index (χ1) is 12.8. The predicted octanol–water partition coefficient (Wildman–Crippen LogP) is 7.42. The van der Waals surface area contributed by atoms with Crippen molar-refractivity contribution in [2.45, 2.75) is 13.3 Å². The number of para-hydroxylation sites is 1. The van der Waals surface area contributed by atoms with Crippen LogP contribution in [0.1, 0.15) is 23.6 Å². The molecule has 0 atom stereocenters. The first kappa shape index (κ1) is 16.7. The average Bonchev–Trinajstić information content (AvgIpc) is 3.03. The molecule has 0 bridgehead atoms. The molecule has 0 aliphatic carbocycles. The summed E-state index contributed by atoms with van der Waals surface area (Å²) in [6, 6.07) is 20.6. The van der Waals surface area contributed by atoms with Gasteiger partial charge < -0.3 is 4.42 Å². The largest absolute Gasteiger partial charge is 0.456 e. The average molecular weight is 359 g/mol. The molecule has 0 amide bonds. The molecule has 26 heavy (non-hydrogen) atoms. The van der Waals surface area contributed by atoms with E-state index in [0.717, 1.165) is 33.6 Å². The number of rotatable bonds is 4. The maximum atomic E-state index is 6.22. The Kier molecular flexibility index (Phi) is 4.64. The summed E-state index contributed by atoms with van der Waals surface area (Å²) in [4.78, 5) is 0. The fraction of sp³-hybridized carbons (Fsp3) is 0.0833. The van der Waals surface area contributed by atoms with Crippen molar-refractivity contribution >= 4 is 39.6 Å². The third-order valence-corrected chi connectivity index (χ3v) is 4.79. The SMILES string of the molecule is C/C=C\C=C/c1cc(Cl)ccc1Cc1cccc2oc3ccccc3c12. The molecule has 1 heterocycles. The Bertz CT molecular complexity index is 1130. The van der Waals surface area contributed by atoms with Gasteiger partial charge in [0.05, 0.1) is 0 Å². The lowest BCUT2D eigenvalue weighted by atomic mass is 9.96. The summed E-state index contributed by atoms with van der Waals surface area (Å²) in [5.41, 5.74) is 5.51. The van der Waals surface area contributed by atoms with Crippen LogP contribution in [0.2, 0.25) is 5.02 Å². The van der Waals surface area contributed by atoms with Crippen LogP contribution in [0.25, 0.3) is 28.0 Å². The second-order valence-corrected chi connectivity index (χ2v) is 6.73. The Morgan fingerprint density at radius 1 is 0.885 bits per heavy atom. The van der Waals surface area contributed by atoms with Crippen molar-refractivity contribution in [3.05, 3.63) is 101 Å². The zero-order valence-corrected chi connectivity index (χ0v) is 15.3. The van der Waals surface area contributed by atoms with Gasteiger partial charge in [-0.25, -0.2) is 0 Å². The standard InChI is InChI=1S/C24H19ClO/c1-2-3-4-8-17-16-20(25)14-13-18(17)15-19-9-7-12-23-24(19)21-10-5-6-11-22(21)26-23/h2-14,16H,15H2,1H3/b3-2-,8-4-. The highest BCUT2D eigenvalue weighted by molar-refractivity contribution is 6.30. The summed E-state index contributed by atoms with van der Waals surface area (Å²) in [5.74, 6) is 0. The topological polar surface area (TPSA) is 13.1 Å². The molecule has 4 aromatic rings. The molecule has 0 unspecified atom stereocenters. The van der Waals surface area contributed by atoms with Crippen LogP contribution in [-0.4, -0.2) is 0 Å². The number of hydrogen-bond donors (Lipinski definition) is 0. The summed E-state index contributed by atoms with van der Waals surface area (Å²) >= 11 is 6.22. The molecule has 4 rings (SSSR count). The van der Waals surface area contributed by atoms with Gasteiger partial charge in [-0.15, -0.1) is 0 Å². The van der Waals surface area contributed by atoms with Gasteiger partial charge in [-0.05, 0) is 54.3 Å². The van der Waals surface area contributed by atoms with E-state index in [1.54, 1.807) is 0 Å². The van der Waals surface area contributed by atoms with Crippen LogP contribution in [0.3, 0.4) is 0 Å². The Morgan fingerprint density at radius 2 is 1.73 bits per heavy atom. The first-order valence-electron chi connectivity index (χ1n) is 8.73. The molecule has 0 spiro atoms. The minimum atomic E-state index is 0.751. The smallest absolute Gasteiger partial charge is 0.135 e. The molecule has 1 aromatic heterocycles. The third-order valence-electron chi connectivity index (χ3n) is 4.56. The van der Waals surface area contributed by atoms with E-state index in [1.807, 2.05) is 55.5 Å². The van der Waals surface area contributed by atoms with Crippen LogP contribution in [0, 0.1) is 0 Å². The highest BCUT2D eigenvalue weighted by Gasteiger charge is 2.12. The van der Waals surface area contributed by atoms with Crippen LogP contribution < -0.4 is 0 Å². The van der Waals surface area contributed by atoms with Gasteiger partial charge >= 0.3 is 0 Å². The predicted molar refractivity (Wildman–Crippen MR) is 112 cm³/mol. The molecule has 0 saturated heterocycles. The van der Waals surface area contributed by atoms with Gasteiger partial charge in [0.2, 0.25) is 0 Å². The lowest BCUT2D eigenvalue weighted by molar-refractivity contribution is 0.668. The molecule has 0 aliphatic rings. The molecular weight excluding hydrogens is 340 g/mol. The van der Waals surface area contributed by atoms with E-state index in [1.165, 1.54) is 16.5 Å². The van der Waals surface area contributed by atoms with E-state index in [4.69, 9.17) is 16.0 Å². The molecule has 0 N–H and O–H groups in total. The van der Waals surface area contributed by atoms with Crippen LogP contribution in [0.5, 0.6) is 0 Å². The summed E-state index contributed by atoms with van der Waals surface area (Å²) in [6.07, 6.45) is 9.01. The monoisotopic (exact) mass is 358 g/mol. The van der Waals surface area contributed by atoms with Crippen LogP contribution >= 0.6 is 11.6 Å². The molecule has 0 radical (unpaired) electrons. The highest BCUT2D eigenvalue weighted by Crippen LogP contribution is 2.33. The summed E-state index contributed by atoms with van der Waals surface area (Å²) < 4.78 is 6.02. The zero-order chi connectivity index (χ0) is 17.9. The van der Waals surface area contributed by atoms with Crippen LogP contribution in [0.15, 0.2) is 83.3 Å². The van der Waals surface area contributed by atoms with Gasteiger partial charge in [-0.1, -0.05) is 72.3 Å². The van der Waals surface area contributed by atoms with E-state index in [2.05, 4.69) is 36.4 Å². The molecule has 0 saturated carbocycles. The minimum absolute atomic E-state index is 0.751. The first-order valence-corrected chi connectivity index (χ1v) is 9.11. The third kappa shape index (κ3) is 3.18. The number of fused-ring (bicyclic) bond motifs is 3. The molecule has 3 aromatic carbocycles. The molecule has 0 aliphatic heterocycles. The van der Waals surface area contributed by atoms with Gasteiger partial charge in [0, 0.05) is 15.8 Å². The van der Waals surface area contributed by atoms with Crippen LogP contribution in [-0.2, 0) is 6.42 Å². The quantitative estimate of drug-likeness (QED) is 0.346. The van der Waals surface area contributed by atoms with Gasteiger partial charge in [0.1, 0.15) is 11.2 Å². The number of furan rings is 1. The van der Waals surface area contributed by atoms with Gasteiger partial charge in [-0.2, -0.15) is 0 Å². The minimum Gasteiger partial charge on any atom is -0.456 e. The molecule has 1 nitrogen and oxygen atoms in total. The van der Waals surface area contributed by atoms with Crippen LogP contribution in [0.4, 0.5) is 0 Å². The van der Waals surface area contributed by atoms with E-state index >= 15 is 0 Å². The highest BCUT2D eigenvalue weighted by atomic mass is 35.5. The molecule has 128 valence electrons. The lowest BCUT2D eigenvalue weighted by Crippen LogP contribution is -1.93. The van der Waals surface area contributed by atoms with Crippen molar-refractivity contribution in [1.82, 2.24) is 0 Å². The fourth-order valence-corrected chi connectivity index (χ4v) is 3.53. The van der Waals surface area contributed by atoms with Crippen molar-refractivity contribution in [2.24, 2.45) is 0 Å². The summed E-state index contributed by atoms with van der Waals surface area (Å²) in [6.45, 7) is 2.01. The maximum Gasteiger partial charge on any atom is 0.135 e. The molecule has 2 heteroatoms. The maximum absolute atomic E-state index is 6.22. The van der Waals surface area contributed by atoms with Crippen molar-refractivity contribution in [1.29, 1.82) is 0 Å². The van der Waals surface area contributed by atoms with Crippen molar-refractivity contribution in [3.63, 3.8) is 0 Å². The Labute approximate surface area is 158 Å². The second kappa shape index (κ2) is 7.23. The number of allylic oxidation sites excluding steroid dienone is 3. The van der Waals surface area contributed by atoms with Crippen molar-refractivity contribution in [2.75, 3.05) is 0 Å². The summed E-state index contributed by atoms with van der Waals surface area (Å²) in [5, 5.41) is 3.11. The number of hydrogen-bond acceptors (Lipinski definition) is 1. The fourth-order valence-electron chi connectivity index (χ4n) is 3.35. The summed E-state index contributed by atoms with van der Waals surface area (Å²) in [7, 11) is 0. The Balaban J connectivity index is 1.83. The van der Waals surface area contributed by atoms with Gasteiger partial charge in [0.25, 0.3) is 0 Å². The van der Waals surface area contributed by atoms with Crippen molar-refractivity contribution in [3.8, 4) is 0 Å². The normalized spacial score (nSPS) is 12.1. The van der Waals surface area contributed by atoms with E-state index in [0.29, 0.717) is 0 Å². The molecule has 0 fully saturated rings. The van der Waals surface area contributed by atoms with E-state index in [9.17, 15) is 0 Å². The second-order valence-electron chi connectivity index (χ2n) is 6.29.